The van der Waals surface area contributed by atoms with Crippen LogP contribution >= 0.6 is 35.0 Å². The van der Waals surface area contributed by atoms with Crippen LogP contribution in [-0.4, -0.2) is 40.6 Å². The summed E-state index contributed by atoms with van der Waals surface area (Å²) in [7, 11) is 0. The van der Waals surface area contributed by atoms with Crippen molar-refractivity contribution in [1.82, 2.24) is 4.90 Å². The molecule has 0 N–H and O–H groups in total. The number of rotatable bonds is 6. The standard InChI is InChI=1S/C18H23Cl2NO3S/c1-4-7-24-18(23)15-10-25-16(8-11(2)3)21(15)17(22)13-6-5-12(19)9-14(13)20/h5-6,9,11,15-16H,4,7-8,10H2,1-3H3. The molecule has 1 amide bonds. The van der Waals surface area contributed by atoms with Crippen molar-refractivity contribution in [2.24, 2.45) is 5.92 Å². The molecule has 7 heteroatoms. The molecule has 25 heavy (non-hydrogen) atoms. The van der Waals surface area contributed by atoms with Gasteiger partial charge < -0.3 is 9.64 Å². The Kier molecular flexibility index (Phi) is 7.47. The average molecular weight is 404 g/mol. The summed E-state index contributed by atoms with van der Waals surface area (Å²) in [6.07, 6.45) is 1.55. The van der Waals surface area contributed by atoms with Gasteiger partial charge >= 0.3 is 5.97 Å². The quantitative estimate of drug-likeness (QED) is 0.635. The van der Waals surface area contributed by atoms with E-state index in [0.717, 1.165) is 12.8 Å². The summed E-state index contributed by atoms with van der Waals surface area (Å²) >= 11 is 13.8. The van der Waals surface area contributed by atoms with Crippen LogP contribution in [0.5, 0.6) is 0 Å². The number of ether oxygens (including phenoxy) is 1. The number of benzene rings is 1. The van der Waals surface area contributed by atoms with Crippen LogP contribution < -0.4 is 0 Å². The number of carbonyl (C=O) groups excluding carboxylic acids is 2. The molecular formula is C18H23Cl2NO3S. The zero-order valence-corrected chi connectivity index (χ0v) is 17.0. The number of halogens is 2. The summed E-state index contributed by atoms with van der Waals surface area (Å²) in [6, 6.07) is 4.20. The van der Waals surface area contributed by atoms with Gasteiger partial charge in [0.05, 0.1) is 22.6 Å². The Labute approximate surface area is 163 Å². The molecule has 0 aromatic heterocycles. The second kappa shape index (κ2) is 9.15. The van der Waals surface area contributed by atoms with E-state index in [0.29, 0.717) is 33.9 Å². The number of thioether (sulfide) groups is 1. The third kappa shape index (κ3) is 5.05. The van der Waals surface area contributed by atoms with Crippen LogP contribution in [0.3, 0.4) is 0 Å². The first-order valence-electron chi connectivity index (χ1n) is 8.41. The topological polar surface area (TPSA) is 46.6 Å². The number of amides is 1. The van der Waals surface area contributed by atoms with Crippen LogP contribution in [0.15, 0.2) is 18.2 Å². The zero-order chi connectivity index (χ0) is 18.6. The molecule has 4 nitrogen and oxygen atoms in total. The van der Waals surface area contributed by atoms with E-state index in [1.54, 1.807) is 34.9 Å². The SMILES string of the molecule is CCCOC(=O)C1CSC(CC(C)C)N1C(=O)c1ccc(Cl)cc1Cl. The molecule has 0 saturated carbocycles. The molecule has 138 valence electrons. The van der Waals surface area contributed by atoms with Crippen molar-refractivity contribution in [1.29, 1.82) is 0 Å². The fourth-order valence-electron chi connectivity index (χ4n) is 2.70. The third-order valence-electron chi connectivity index (χ3n) is 3.88. The summed E-state index contributed by atoms with van der Waals surface area (Å²) in [5, 5.41) is 0.687. The van der Waals surface area contributed by atoms with Crippen LogP contribution in [0.2, 0.25) is 10.0 Å². The van der Waals surface area contributed by atoms with E-state index in [2.05, 4.69) is 13.8 Å². The molecule has 1 heterocycles. The summed E-state index contributed by atoms with van der Waals surface area (Å²) in [6.45, 7) is 6.50. The van der Waals surface area contributed by atoms with Crippen molar-refractivity contribution < 1.29 is 14.3 Å². The molecule has 2 unspecified atom stereocenters. The van der Waals surface area contributed by atoms with Crippen LogP contribution in [0.25, 0.3) is 0 Å². The lowest BCUT2D eigenvalue weighted by Gasteiger charge is -2.29. The molecule has 0 radical (unpaired) electrons. The predicted molar refractivity (Wildman–Crippen MR) is 103 cm³/mol. The minimum absolute atomic E-state index is 0.0709. The van der Waals surface area contributed by atoms with Gasteiger partial charge in [0, 0.05) is 10.8 Å². The van der Waals surface area contributed by atoms with E-state index in [1.807, 2.05) is 6.92 Å². The molecule has 1 saturated heterocycles. The van der Waals surface area contributed by atoms with Gasteiger partial charge in [0.25, 0.3) is 5.91 Å². The van der Waals surface area contributed by atoms with Crippen molar-refractivity contribution in [2.75, 3.05) is 12.4 Å². The van der Waals surface area contributed by atoms with E-state index in [-0.39, 0.29) is 17.3 Å². The molecule has 2 atom stereocenters. The first-order valence-corrected chi connectivity index (χ1v) is 10.2. The number of hydrogen-bond donors (Lipinski definition) is 0. The zero-order valence-electron chi connectivity index (χ0n) is 14.6. The van der Waals surface area contributed by atoms with E-state index >= 15 is 0 Å². The second-order valence-corrected chi connectivity index (χ2v) is 8.49. The van der Waals surface area contributed by atoms with E-state index in [1.165, 1.54) is 0 Å². The van der Waals surface area contributed by atoms with Crippen LogP contribution in [0, 0.1) is 5.92 Å². The predicted octanol–water partition coefficient (Wildman–Crippen LogP) is 4.88. The lowest BCUT2D eigenvalue weighted by molar-refractivity contribution is -0.148. The second-order valence-electron chi connectivity index (χ2n) is 6.44. The van der Waals surface area contributed by atoms with Crippen molar-refractivity contribution >= 4 is 46.8 Å². The molecule has 0 aliphatic carbocycles. The van der Waals surface area contributed by atoms with E-state index < -0.39 is 6.04 Å². The summed E-state index contributed by atoms with van der Waals surface area (Å²) in [5.74, 6) is 0.338. The summed E-state index contributed by atoms with van der Waals surface area (Å²) in [4.78, 5) is 27.2. The molecule has 1 fully saturated rings. The van der Waals surface area contributed by atoms with Crippen LogP contribution in [-0.2, 0) is 9.53 Å². The Morgan fingerprint density at radius 1 is 1.36 bits per heavy atom. The summed E-state index contributed by atoms with van der Waals surface area (Å²) < 4.78 is 5.29. The molecule has 2 rings (SSSR count). The Bertz CT molecular complexity index is 639. The van der Waals surface area contributed by atoms with E-state index in [9.17, 15) is 9.59 Å². The molecular weight excluding hydrogens is 381 g/mol. The Hall–Kier alpha value is -0.910. The van der Waals surface area contributed by atoms with Gasteiger partial charge in [-0.3, -0.25) is 4.79 Å². The maximum absolute atomic E-state index is 13.1. The highest BCUT2D eigenvalue weighted by Crippen LogP contribution is 2.36. The molecule has 1 aliphatic heterocycles. The fraction of sp³-hybridized carbons (Fsp3) is 0.556. The van der Waals surface area contributed by atoms with Gasteiger partial charge in [0.15, 0.2) is 0 Å². The number of carbonyl (C=O) groups is 2. The Morgan fingerprint density at radius 2 is 2.08 bits per heavy atom. The first kappa shape index (κ1) is 20.4. The molecule has 1 aliphatic rings. The number of nitrogens with zero attached hydrogens (tertiary/aromatic N) is 1. The van der Waals surface area contributed by atoms with Gasteiger partial charge in [-0.25, -0.2) is 4.79 Å². The Morgan fingerprint density at radius 3 is 2.68 bits per heavy atom. The average Bonchev–Trinajstić information content (AvgIpc) is 2.94. The first-order chi connectivity index (χ1) is 11.8. The van der Waals surface area contributed by atoms with Crippen molar-refractivity contribution in [3.63, 3.8) is 0 Å². The van der Waals surface area contributed by atoms with Gasteiger partial charge in [-0.2, -0.15) is 0 Å². The Balaban J connectivity index is 2.30. The molecule has 1 aromatic rings. The summed E-state index contributed by atoms with van der Waals surface area (Å²) in [5.41, 5.74) is 0.357. The minimum atomic E-state index is -0.584. The third-order valence-corrected chi connectivity index (χ3v) is 5.74. The van der Waals surface area contributed by atoms with Gasteiger partial charge in [0.1, 0.15) is 6.04 Å². The highest BCUT2D eigenvalue weighted by atomic mass is 35.5. The van der Waals surface area contributed by atoms with Gasteiger partial charge in [0.2, 0.25) is 0 Å². The highest BCUT2D eigenvalue weighted by molar-refractivity contribution is 8.00. The smallest absolute Gasteiger partial charge is 0.329 e. The largest absolute Gasteiger partial charge is 0.464 e. The van der Waals surface area contributed by atoms with Crippen molar-refractivity contribution in [3.8, 4) is 0 Å². The van der Waals surface area contributed by atoms with Gasteiger partial charge in [-0.15, -0.1) is 11.8 Å². The van der Waals surface area contributed by atoms with Gasteiger partial charge in [-0.05, 0) is 37.0 Å². The highest BCUT2D eigenvalue weighted by Gasteiger charge is 2.43. The monoisotopic (exact) mass is 403 g/mol. The fourth-order valence-corrected chi connectivity index (χ4v) is 4.82. The van der Waals surface area contributed by atoms with Gasteiger partial charge in [-0.1, -0.05) is 44.0 Å². The maximum atomic E-state index is 13.1. The maximum Gasteiger partial charge on any atom is 0.329 e. The minimum Gasteiger partial charge on any atom is -0.464 e. The molecule has 0 spiro atoms. The molecule has 0 bridgehead atoms. The van der Waals surface area contributed by atoms with E-state index in [4.69, 9.17) is 27.9 Å². The lowest BCUT2D eigenvalue weighted by Crippen LogP contribution is -2.46. The van der Waals surface area contributed by atoms with Crippen molar-refractivity contribution in [3.05, 3.63) is 33.8 Å². The van der Waals surface area contributed by atoms with Crippen LogP contribution in [0.4, 0.5) is 0 Å². The van der Waals surface area contributed by atoms with Crippen LogP contribution in [0.1, 0.15) is 44.0 Å². The van der Waals surface area contributed by atoms with Crippen molar-refractivity contribution in [2.45, 2.75) is 45.0 Å². The number of esters is 1. The normalized spacial score (nSPS) is 20.2. The lowest BCUT2D eigenvalue weighted by atomic mass is 10.1. The molecule has 1 aromatic carbocycles. The number of hydrogen-bond acceptors (Lipinski definition) is 4.